The highest BCUT2D eigenvalue weighted by Gasteiger charge is 2.24. The van der Waals surface area contributed by atoms with E-state index in [1.807, 2.05) is 43.3 Å². The van der Waals surface area contributed by atoms with Crippen molar-refractivity contribution in [3.05, 3.63) is 65.5 Å². The minimum absolute atomic E-state index is 0.0109. The molecule has 6 nitrogen and oxygen atoms in total. The topological polar surface area (TPSA) is 65.4 Å². The van der Waals surface area contributed by atoms with E-state index >= 15 is 0 Å². The fourth-order valence-corrected chi connectivity index (χ4v) is 5.02. The van der Waals surface area contributed by atoms with Gasteiger partial charge in [0.2, 0.25) is 12.7 Å². The number of aryl methyl sites for hydroxylation is 1. The maximum absolute atomic E-state index is 12.8. The van der Waals surface area contributed by atoms with Crippen LogP contribution in [0.2, 0.25) is 0 Å². The average molecular weight is 436 g/mol. The van der Waals surface area contributed by atoms with Gasteiger partial charge in [0.05, 0.1) is 10.9 Å². The molecule has 160 valence electrons. The van der Waals surface area contributed by atoms with E-state index < -0.39 is 0 Å². The first-order valence-corrected chi connectivity index (χ1v) is 11.6. The molecule has 1 aromatic heterocycles. The lowest BCUT2D eigenvalue weighted by Crippen LogP contribution is -2.30. The van der Waals surface area contributed by atoms with Crippen molar-refractivity contribution < 1.29 is 14.3 Å². The Kier molecular flexibility index (Phi) is 5.59. The highest BCUT2D eigenvalue weighted by molar-refractivity contribution is 8.00. The smallest absolute Gasteiger partial charge is 0.233 e. The molecule has 0 spiro atoms. The number of amides is 1. The molecule has 1 aliphatic heterocycles. The second-order valence-electron chi connectivity index (χ2n) is 7.83. The third kappa shape index (κ3) is 4.14. The number of rotatable bonds is 6. The second-order valence-corrected chi connectivity index (χ2v) is 9.14. The summed E-state index contributed by atoms with van der Waals surface area (Å²) in [7, 11) is 0. The van der Waals surface area contributed by atoms with Crippen molar-refractivity contribution in [3.8, 4) is 17.2 Å². The number of benzene rings is 2. The lowest BCUT2D eigenvalue weighted by atomic mass is 10.0. The van der Waals surface area contributed by atoms with Crippen LogP contribution in [0.4, 0.5) is 0 Å². The first-order chi connectivity index (χ1) is 15.2. The molecule has 1 aliphatic carbocycles. The lowest BCUT2D eigenvalue weighted by molar-refractivity contribution is -0.120. The standard InChI is InChI=1S/C24H25N3O3S/c1-16(23(28)25-14-17-11-12-21-22(13-17)30-15-29-21)31-24-26-19-9-5-6-10-20(19)27(24)18-7-3-2-4-8-18/h2-4,7-8,11-13,16H,5-6,9-10,14-15H2,1H3,(H,25,28)/t16-/m1/s1. The van der Waals surface area contributed by atoms with Crippen molar-refractivity contribution >= 4 is 17.7 Å². The SMILES string of the molecule is C[C@@H](Sc1nc2c(n1-c1ccccc1)CCCC2)C(=O)NCc1ccc2c(c1)OCO2. The molecule has 0 radical (unpaired) electrons. The fraction of sp³-hybridized carbons (Fsp3) is 0.333. The van der Waals surface area contributed by atoms with E-state index in [4.69, 9.17) is 14.5 Å². The Morgan fingerprint density at radius 3 is 2.81 bits per heavy atom. The van der Waals surface area contributed by atoms with Gasteiger partial charge in [0.1, 0.15) is 0 Å². The highest BCUT2D eigenvalue weighted by Crippen LogP contribution is 2.34. The number of hydrogen-bond donors (Lipinski definition) is 1. The van der Waals surface area contributed by atoms with Gasteiger partial charge in [0.25, 0.3) is 0 Å². The number of imidazole rings is 1. The molecule has 0 saturated heterocycles. The van der Waals surface area contributed by atoms with E-state index in [0.717, 1.165) is 40.7 Å². The Labute approximate surface area is 186 Å². The third-order valence-electron chi connectivity index (χ3n) is 5.67. The van der Waals surface area contributed by atoms with Gasteiger partial charge in [-0.05, 0) is 62.4 Å². The first-order valence-electron chi connectivity index (χ1n) is 10.7. The van der Waals surface area contributed by atoms with Crippen LogP contribution >= 0.6 is 11.8 Å². The Hall–Kier alpha value is -2.93. The number of thioether (sulfide) groups is 1. The van der Waals surface area contributed by atoms with E-state index in [9.17, 15) is 4.79 Å². The molecule has 2 aliphatic rings. The van der Waals surface area contributed by atoms with Crippen LogP contribution < -0.4 is 14.8 Å². The Bertz CT molecular complexity index is 1100. The number of aromatic nitrogens is 2. The Morgan fingerprint density at radius 2 is 1.94 bits per heavy atom. The van der Waals surface area contributed by atoms with E-state index in [1.54, 1.807) is 0 Å². The zero-order valence-corrected chi connectivity index (χ0v) is 18.3. The predicted octanol–water partition coefficient (Wildman–Crippen LogP) is 4.28. The number of carbonyl (C=O) groups excluding carboxylic acids is 1. The van der Waals surface area contributed by atoms with Gasteiger partial charge in [-0.1, -0.05) is 36.0 Å². The maximum Gasteiger partial charge on any atom is 0.233 e. The van der Waals surface area contributed by atoms with E-state index in [-0.39, 0.29) is 18.0 Å². The summed E-state index contributed by atoms with van der Waals surface area (Å²) >= 11 is 1.52. The van der Waals surface area contributed by atoms with Crippen LogP contribution in [0.5, 0.6) is 11.5 Å². The molecule has 0 unspecified atom stereocenters. The molecule has 1 N–H and O–H groups in total. The zero-order valence-electron chi connectivity index (χ0n) is 17.5. The summed E-state index contributed by atoms with van der Waals surface area (Å²) in [5.41, 5.74) is 4.54. The molecular weight excluding hydrogens is 410 g/mol. The number of nitrogens with one attached hydrogen (secondary N) is 1. The number of ether oxygens (including phenoxy) is 2. The minimum Gasteiger partial charge on any atom is -0.454 e. The van der Waals surface area contributed by atoms with Crippen LogP contribution in [-0.2, 0) is 24.2 Å². The van der Waals surface area contributed by atoms with Gasteiger partial charge in [-0.25, -0.2) is 4.98 Å². The number of nitrogens with zero attached hydrogens (tertiary/aromatic N) is 2. The predicted molar refractivity (Wildman–Crippen MR) is 120 cm³/mol. The number of carbonyl (C=O) groups is 1. The Balaban J connectivity index is 1.30. The van der Waals surface area contributed by atoms with Crippen molar-refractivity contribution in [2.75, 3.05) is 6.79 Å². The summed E-state index contributed by atoms with van der Waals surface area (Å²) in [6.07, 6.45) is 4.39. The monoisotopic (exact) mass is 435 g/mol. The lowest BCUT2D eigenvalue weighted by Gasteiger charge is -2.16. The van der Waals surface area contributed by atoms with Gasteiger partial charge in [0.15, 0.2) is 16.7 Å². The van der Waals surface area contributed by atoms with Crippen molar-refractivity contribution in [1.29, 1.82) is 0 Å². The average Bonchev–Trinajstić information content (AvgIpc) is 3.41. The summed E-state index contributed by atoms with van der Waals surface area (Å²) in [4.78, 5) is 17.7. The van der Waals surface area contributed by atoms with Gasteiger partial charge in [-0.3, -0.25) is 9.36 Å². The maximum atomic E-state index is 12.8. The van der Waals surface area contributed by atoms with Crippen molar-refractivity contribution in [2.45, 2.75) is 49.6 Å². The van der Waals surface area contributed by atoms with Gasteiger partial charge in [0, 0.05) is 17.9 Å². The summed E-state index contributed by atoms with van der Waals surface area (Å²) in [6.45, 7) is 2.63. The zero-order chi connectivity index (χ0) is 21.2. The molecule has 5 rings (SSSR count). The molecule has 31 heavy (non-hydrogen) atoms. The van der Waals surface area contributed by atoms with Crippen molar-refractivity contribution in [3.63, 3.8) is 0 Å². The van der Waals surface area contributed by atoms with Crippen LogP contribution in [0.25, 0.3) is 5.69 Å². The van der Waals surface area contributed by atoms with E-state index in [0.29, 0.717) is 6.54 Å². The quantitative estimate of drug-likeness (QED) is 0.586. The summed E-state index contributed by atoms with van der Waals surface area (Å²) < 4.78 is 13.0. The number of fused-ring (bicyclic) bond motifs is 2. The summed E-state index contributed by atoms with van der Waals surface area (Å²) in [5, 5.41) is 3.67. The van der Waals surface area contributed by atoms with Crippen LogP contribution in [0, 0.1) is 0 Å². The van der Waals surface area contributed by atoms with Crippen LogP contribution in [0.3, 0.4) is 0 Å². The van der Waals surface area contributed by atoms with Crippen molar-refractivity contribution in [2.24, 2.45) is 0 Å². The van der Waals surface area contributed by atoms with Crippen LogP contribution in [0.1, 0.15) is 36.7 Å². The molecule has 0 fully saturated rings. The molecular formula is C24H25N3O3S. The Morgan fingerprint density at radius 1 is 1.13 bits per heavy atom. The third-order valence-corrected chi connectivity index (χ3v) is 6.72. The molecule has 0 bridgehead atoms. The molecule has 2 aromatic carbocycles. The van der Waals surface area contributed by atoms with Gasteiger partial charge >= 0.3 is 0 Å². The summed E-state index contributed by atoms with van der Waals surface area (Å²) in [5.74, 6) is 1.46. The fourth-order valence-electron chi connectivity index (χ4n) is 4.03. The molecule has 7 heteroatoms. The molecule has 2 heterocycles. The van der Waals surface area contributed by atoms with Gasteiger partial charge in [-0.2, -0.15) is 0 Å². The largest absolute Gasteiger partial charge is 0.454 e. The van der Waals surface area contributed by atoms with Crippen LogP contribution in [-0.4, -0.2) is 27.5 Å². The van der Waals surface area contributed by atoms with Gasteiger partial charge in [-0.15, -0.1) is 0 Å². The normalized spacial score (nSPS) is 15.4. The number of para-hydroxylation sites is 1. The van der Waals surface area contributed by atoms with Crippen molar-refractivity contribution in [1.82, 2.24) is 14.9 Å². The van der Waals surface area contributed by atoms with E-state index in [2.05, 4.69) is 22.0 Å². The second kappa shape index (κ2) is 8.67. The molecule has 3 aromatic rings. The summed E-state index contributed by atoms with van der Waals surface area (Å²) in [6, 6.07) is 16.0. The molecule has 1 amide bonds. The van der Waals surface area contributed by atoms with E-state index in [1.165, 1.54) is 36.0 Å². The van der Waals surface area contributed by atoms with Gasteiger partial charge < -0.3 is 14.8 Å². The van der Waals surface area contributed by atoms with Crippen LogP contribution in [0.15, 0.2) is 53.7 Å². The first kappa shape index (κ1) is 20.0. The molecule has 1 atom stereocenters. The number of hydrogen-bond acceptors (Lipinski definition) is 5. The minimum atomic E-state index is -0.264. The molecule has 0 saturated carbocycles. The highest BCUT2D eigenvalue weighted by atomic mass is 32.2.